The second kappa shape index (κ2) is 8.85. The van der Waals surface area contributed by atoms with Crippen molar-refractivity contribution in [2.24, 2.45) is 0 Å². The second-order valence-electron chi connectivity index (χ2n) is 7.46. The van der Waals surface area contributed by atoms with Gasteiger partial charge in [0.2, 0.25) is 5.91 Å². The smallest absolute Gasteiger partial charge is 0.416 e. The third-order valence-corrected chi connectivity index (χ3v) is 6.03. The molecule has 1 fully saturated rings. The number of rotatable bonds is 7. The van der Waals surface area contributed by atoms with Gasteiger partial charge in [-0.1, -0.05) is 17.8 Å². The molecule has 4 rings (SSSR count). The molecule has 0 radical (unpaired) electrons. The Bertz CT molecular complexity index is 1110. The van der Waals surface area contributed by atoms with E-state index in [9.17, 15) is 18.0 Å². The molecule has 0 aliphatic heterocycles. The Morgan fingerprint density at radius 1 is 1.19 bits per heavy atom. The number of hydrogen-bond acceptors (Lipinski definition) is 5. The molecule has 1 aliphatic carbocycles. The van der Waals surface area contributed by atoms with E-state index in [2.05, 4.69) is 15.5 Å². The zero-order valence-corrected chi connectivity index (χ0v) is 18.2. The fourth-order valence-corrected chi connectivity index (χ4v) is 3.96. The summed E-state index contributed by atoms with van der Waals surface area (Å²) in [6, 6.07) is 12.2. The first-order valence-electron chi connectivity index (χ1n) is 10.0. The highest BCUT2D eigenvalue weighted by Crippen LogP contribution is 2.34. The molecule has 0 bridgehead atoms. The van der Waals surface area contributed by atoms with Gasteiger partial charge in [0.05, 0.1) is 23.6 Å². The molecule has 2 aromatic carbocycles. The van der Waals surface area contributed by atoms with Gasteiger partial charge >= 0.3 is 6.18 Å². The fraction of sp³-hybridized carbons (Fsp3) is 0.318. The Labute approximate surface area is 187 Å². The minimum absolute atomic E-state index is 0.137. The van der Waals surface area contributed by atoms with Crippen molar-refractivity contribution in [3.63, 3.8) is 0 Å². The molecule has 0 saturated heterocycles. The van der Waals surface area contributed by atoms with Crippen molar-refractivity contribution in [2.45, 2.75) is 42.4 Å². The second-order valence-corrected chi connectivity index (χ2v) is 8.77. The summed E-state index contributed by atoms with van der Waals surface area (Å²) in [6.45, 7) is 1.74. The maximum atomic E-state index is 13.3. The van der Waals surface area contributed by atoms with E-state index in [-0.39, 0.29) is 17.6 Å². The summed E-state index contributed by atoms with van der Waals surface area (Å²) in [5, 5.41) is 11.2. The van der Waals surface area contributed by atoms with Gasteiger partial charge in [-0.3, -0.25) is 9.36 Å². The average Bonchev–Trinajstić information content (AvgIpc) is 3.50. The summed E-state index contributed by atoms with van der Waals surface area (Å²) >= 11 is 1.15. The van der Waals surface area contributed by atoms with Crippen LogP contribution in [0.4, 0.5) is 13.2 Å². The van der Waals surface area contributed by atoms with Gasteiger partial charge in [-0.2, -0.15) is 13.2 Å². The van der Waals surface area contributed by atoms with Crippen molar-refractivity contribution in [3.05, 3.63) is 54.1 Å². The van der Waals surface area contributed by atoms with Gasteiger partial charge < -0.3 is 10.1 Å². The molecule has 6 nitrogen and oxygen atoms in total. The molecular formula is C22H21F3N4O2S. The molecule has 10 heteroatoms. The average molecular weight is 462 g/mol. The molecule has 168 valence electrons. The minimum atomic E-state index is -4.49. The number of alkyl halides is 3. The predicted molar refractivity (Wildman–Crippen MR) is 115 cm³/mol. The normalized spacial score (nSPS) is 14.8. The Kier molecular flexibility index (Phi) is 6.14. The van der Waals surface area contributed by atoms with Gasteiger partial charge in [0.1, 0.15) is 5.75 Å². The Hall–Kier alpha value is -3.01. The number of aromatic nitrogens is 3. The highest BCUT2D eigenvalue weighted by molar-refractivity contribution is 8.00. The summed E-state index contributed by atoms with van der Waals surface area (Å²) < 4.78 is 46.8. The number of amides is 1. The number of methoxy groups -OCH3 is 1. The van der Waals surface area contributed by atoms with Crippen LogP contribution in [0.15, 0.2) is 53.7 Å². The van der Waals surface area contributed by atoms with Crippen molar-refractivity contribution in [3.8, 4) is 22.8 Å². The number of ether oxygens (including phenoxy) is 1. The third-order valence-electron chi connectivity index (χ3n) is 4.99. The number of nitrogens with zero attached hydrogens (tertiary/aromatic N) is 3. The van der Waals surface area contributed by atoms with Crippen LogP contribution in [0.2, 0.25) is 0 Å². The molecule has 3 aromatic rings. The first kappa shape index (κ1) is 22.2. The molecule has 0 spiro atoms. The van der Waals surface area contributed by atoms with E-state index in [1.807, 2.05) is 0 Å². The molecule has 1 aromatic heterocycles. The lowest BCUT2D eigenvalue weighted by Crippen LogP contribution is -2.32. The van der Waals surface area contributed by atoms with Crippen molar-refractivity contribution >= 4 is 17.7 Å². The van der Waals surface area contributed by atoms with E-state index >= 15 is 0 Å². The summed E-state index contributed by atoms with van der Waals surface area (Å²) in [5.74, 6) is 0.866. The van der Waals surface area contributed by atoms with Crippen LogP contribution in [0.3, 0.4) is 0 Å². The lowest BCUT2D eigenvalue weighted by molar-refractivity contribution is -0.137. The van der Waals surface area contributed by atoms with Crippen LogP contribution in [0.5, 0.6) is 5.75 Å². The molecule has 1 atom stereocenters. The molecule has 1 N–H and O–H groups in total. The number of carbonyl (C=O) groups excluding carboxylic acids is 1. The topological polar surface area (TPSA) is 69.0 Å². The minimum Gasteiger partial charge on any atom is -0.497 e. The van der Waals surface area contributed by atoms with E-state index in [0.717, 1.165) is 36.7 Å². The van der Waals surface area contributed by atoms with Crippen molar-refractivity contribution < 1.29 is 22.7 Å². The van der Waals surface area contributed by atoms with Gasteiger partial charge in [0.25, 0.3) is 0 Å². The molecule has 1 saturated carbocycles. The lowest BCUT2D eigenvalue weighted by Gasteiger charge is -2.15. The Morgan fingerprint density at radius 3 is 2.53 bits per heavy atom. The van der Waals surface area contributed by atoms with E-state index in [0.29, 0.717) is 22.3 Å². The SMILES string of the molecule is COc1ccc(-c2nnc(SC(C)C(=O)NC3CC3)n2-c2cccc(C(F)(F)F)c2)cc1. The maximum absolute atomic E-state index is 13.3. The van der Waals surface area contributed by atoms with Gasteiger partial charge in [0, 0.05) is 11.6 Å². The Balaban J connectivity index is 1.75. The summed E-state index contributed by atoms with van der Waals surface area (Å²) in [7, 11) is 1.54. The molecular weight excluding hydrogens is 441 g/mol. The molecule has 1 heterocycles. The molecule has 1 aliphatic rings. The summed E-state index contributed by atoms with van der Waals surface area (Å²) in [5.41, 5.74) is 0.130. The van der Waals surface area contributed by atoms with Crippen LogP contribution in [0.25, 0.3) is 17.1 Å². The molecule has 1 unspecified atom stereocenters. The van der Waals surface area contributed by atoms with E-state index in [1.54, 1.807) is 48.9 Å². The maximum Gasteiger partial charge on any atom is 0.416 e. The quantitative estimate of drug-likeness (QED) is 0.515. The van der Waals surface area contributed by atoms with E-state index in [4.69, 9.17) is 4.74 Å². The summed E-state index contributed by atoms with van der Waals surface area (Å²) in [4.78, 5) is 12.4. The van der Waals surface area contributed by atoms with E-state index in [1.165, 1.54) is 6.07 Å². The van der Waals surface area contributed by atoms with Crippen molar-refractivity contribution in [2.75, 3.05) is 7.11 Å². The van der Waals surface area contributed by atoms with Crippen LogP contribution < -0.4 is 10.1 Å². The van der Waals surface area contributed by atoms with Crippen LogP contribution >= 0.6 is 11.8 Å². The first-order chi connectivity index (χ1) is 15.3. The van der Waals surface area contributed by atoms with Gasteiger partial charge in [-0.15, -0.1) is 10.2 Å². The first-order valence-corrected chi connectivity index (χ1v) is 10.9. The molecule has 1 amide bonds. The zero-order valence-electron chi connectivity index (χ0n) is 17.4. The van der Waals surface area contributed by atoms with Gasteiger partial charge in [0.15, 0.2) is 11.0 Å². The number of nitrogens with one attached hydrogen (secondary N) is 1. The fourth-order valence-electron chi connectivity index (χ4n) is 3.09. The Morgan fingerprint density at radius 2 is 1.91 bits per heavy atom. The highest BCUT2D eigenvalue weighted by atomic mass is 32.2. The van der Waals surface area contributed by atoms with Crippen LogP contribution in [-0.4, -0.2) is 39.1 Å². The largest absolute Gasteiger partial charge is 0.497 e. The van der Waals surface area contributed by atoms with Gasteiger partial charge in [-0.25, -0.2) is 0 Å². The third kappa shape index (κ3) is 4.90. The van der Waals surface area contributed by atoms with Crippen LogP contribution in [0.1, 0.15) is 25.3 Å². The van der Waals surface area contributed by atoms with Gasteiger partial charge in [-0.05, 0) is 62.2 Å². The molecule has 32 heavy (non-hydrogen) atoms. The number of thioether (sulfide) groups is 1. The predicted octanol–water partition coefficient (Wildman–Crippen LogP) is 4.72. The van der Waals surface area contributed by atoms with Crippen LogP contribution in [0, 0.1) is 0 Å². The van der Waals surface area contributed by atoms with E-state index < -0.39 is 17.0 Å². The monoisotopic (exact) mass is 462 g/mol. The number of hydrogen-bond donors (Lipinski definition) is 1. The zero-order chi connectivity index (χ0) is 22.9. The number of benzene rings is 2. The van der Waals surface area contributed by atoms with Crippen LogP contribution in [-0.2, 0) is 11.0 Å². The standard InChI is InChI=1S/C22H21F3N4O2S/c1-13(20(30)26-16-8-9-16)32-21-28-27-19(14-6-10-18(31-2)11-7-14)29(21)17-5-3-4-15(12-17)22(23,24)25/h3-7,10-13,16H,8-9H2,1-2H3,(H,26,30). The lowest BCUT2D eigenvalue weighted by atomic mass is 10.1. The summed E-state index contributed by atoms with van der Waals surface area (Å²) in [6.07, 6.45) is -2.56. The highest BCUT2D eigenvalue weighted by Gasteiger charge is 2.32. The van der Waals surface area contributed by atoms with Crippen molar-refractivity contribution in [1.29, 1.82) is 0 Å². The number of carbonyl (C=O) groups is 1. The number of halogens is 3. The van der Waals surface area contributed by atoms with Crippen molar-refractivity contribution in [1.82, 2.24) is 20.1 Å².